The van der Waals surface area contributed by atoms with Gasteiger partial charge in [0, 0.05) is 32.1 Å². The maximum absolute atomic E-state index is 12.7. The van der Waals surface area contributed by atoms with Crippen LogP contribution in [-0.4, -0.2) is 24.9 Å². The molecular weight excluding hydrogens is 371 g/mol. The van der Waals surface area contributed by atoms with Gasteiger partial charge in [-0.15, -0.1) is 0 Å². The van der Waals surface area contributed by atoms with Crippen LogP contribution in [0, 0.1) is 6.92 Å². The average Bonchev–Trinajstić information content (AvgIpc) is 2.58. The first-order valence-corrected chi connectivity index (χ1v) is 9.20. The van der Waals surface area contributed by atoms with Crippen LogP contribution in [0.2, 0.25) is 10.0 Å². The number of amides is 2. The second-order valence-electron chi connectivity index (χ2n) is 5.97. The van der Waals surface area contributed by atoms with Gasteiger partial charge < -0.3 is 9.80 Å². The third-order valence-corrected chi connectivity index (χ3v) is 4.68. The molecule has 0 bridgehead atoms. The highest BCUT2D eigenvalue weighted by Gasteiger charge is 2.21. The monoisotopic (exact) mass is 392 g/mol. The molecule has 2 aromatic carbocycles. The Morgan fingerprint density at radius 1 is 1.00 bits per heavy atom. The number of anilines is 2. The van der Waals surface area contributed by atoms with Crippen LogP contribution in [0.15, 0.2) is 42.5 Å². The molecule has 0 saturated heterocycles. The van der Waals surface area contributed by atoms with E-state index in [4.69, 9.17) is 23.2 Å². The van der Waals surface area contributed by atoms with Crippen LogP contribution in [0.1, 0.15) is 25.8 Å². The van der Waals surface area contributed by atoms with E-state index in [9.17, 15) is 9.59 Å². The molecule has 0 aromatic heterocycles. The summed E-state index contributed by atoms with van der Waals surface area (Å²) in [4.78, 5) is 28.0. The minimum atomic E-state index is -0.216. The van der Waals surface area contributed by atoms with E-state index in [0.717, 1.165) is 11.3 Å². The van der Waals surface area contributed by atoms with Gasteiger partial charge in [-0.1, -0.05) is 41.4 Å². The lowest BCUT2D eigenvalue weighted by molar-refractivity contribution is -0.118. The Hall–Kier alpha value is -2.04. The van der Waals surface area contributed by atoms with E-state index < -0.39 is 0 Å². The standard InChI is InChI=1S/C20H22Cl2N2O2/c1-4-23(16-8-5-7-14(2)13-16)19(26)11-12-24(15(3)25)20-17(21)9-6-10-18(20)22/h5-10,13H,4,11-12H2,1-3H3. The van der Waals surface area contributed by atoms with Gasteiger partial charge >= 0.3 is 0 Å². The predicted octanol–water partition coefficient (Wildman–Crippen LogP) is 5.10. The highest BCUT2D eigenvalue weighted by Crippen LogP contribution is 2.33. The average molecular weight is 393 g/mol. The third-order valence-electron chi connectivity index (χ3n) is 4.07. The molecule has 0 aliphatic carbocycles. The van der Waals surface area contributed by atoms with Gasteiger partial charge in [-0.3, -0.25) is 9.59 Å². The molecule has 0 unspecified atom stereocenters. The Kier molecular flexibility index (Phi) is 7.06. The summed E-state index contributed by atoms with van der Waals surface area (Å²) in [5.74, 6) is -0.279. The van der Waals surface area contributed by atoms with Crippen LogP contribution in [0.5, 0.6) is 0 Å². The van der Waals surface area contributed by atoms with Gasteiger partial charge in [-0.05, 0) is 43.7 Å². The van der Waals surface area contributed by atoms with Crippen molar-refractivity contribution < 1.29 is 9.59 Å². The van der Waals surface area contributed by atoms with Crippen molar-refractivity contribution in [3.63, 3.8) is 0 Å². The zero-order chi connectivity index (χ0) is 19.3. The van der Waals surface area contributed by atoms with Crippen LogP contribution >= 0.6 is 23.2 Å². The molecule has 0 atom stereocenters. The van der Waals surface area contributed by atoms with Crippen molar-refractivity contribution in [1.29, 1.82) is 0 Å². The first-order valence-electron chi connectivity index (χ1n) is 8.44. The molecule has 0 aliphatic rings. The second-order valence-corrected chi connectivity index (χ2v) is 6.78. The maximum Gasteiger partial charge on any atom is 0.228 e. The minimum Gasteiger partial charge on any atom is -0.313 e. The number of aryl methyl sites for hydroxylation is 1. The number of para-hydroxylation sites is 1. The number of carbonyl (C=O) groups is 2. The lowest BCUT2D eigenvalue weighted by Gasteiger charge is -2.26. The molecule has 0 radical (unpaired) electrons. The smallest absolute Gasteiger partial charge is 0.228 e. The van der Waals surface area contributed by atoms with Crippen LogP contribution in [0.25, 0.3) is 0 Å². The number of benzene rings is 2. The van der Waals surface area contributed by atoms with Crippen LogP contribution in [0.4, 0.5) is 11.4 Å². The topological polar surface area (TPSA) is 40.6 Å². The molecule has 0 aliphatic heterocycles. The first-order chi connectivity index (χ1) is 12.3. The van der Waals surface area contributed by atoms with Crippen molar-refractivity contribution in [2.24, 2.45) is 0 Å². The summed E-state index contributed by atoms with van der Waals surface area (Å²) in [5, 5.41) is 0.761. The van der Waals surface area contributed by atoms with Gasteiger partial charge in [0.2, 0.25) is 11.8 Å². The van der Waals surface area contributed by atoms with Gasteiger partial charge in [0.05, 0.1) is 15.7 Å². The second kappa shape index (κ2) is 9.06. The maximum atomic E-state index is 12.7. The molecule has 26 heavy (non-hydrogen) atoms. The van der Waals surface area contributed by atoms with E-state index in [1.807, 2.05) is 38.1 Å². The number of nitrogens with zero attached hydrogens (tertiary/aromatic N) is 2. The number of hydrogen-bond donors (Lipinski definition) is 0. The molecule has 138 valence electrons. The van der Waals surface area contributed by atoms with Gasteiger partial charge in [0.15, 0.2) is 0 Å². The summed E-state index contributed by atoms with van der Waals surface area (Å²) < 4.78 is 0. The Morgan fingerprint density at radius 3 is 2.15 bits per heavy atom. The summed E-state index contributed by atoms with van der Waals surface area (Å²) >= 11 is 12.4. The zero-order valence-electron chi connectivity index (χ0n) is 15.1. The van der Waals surface area contributed by atoms with Crippen molar-refractivity contribution >= 4 is 46.4 Å². The van der Waals surface area contributed by atoms with E-state index in [-0.39, 0.29) is 24.8 Å². The molecule has 2 amide bonds. The normalized spacial score (nSPS) is 10.5. The van der Waals surface area contributed by atoms with Gasteiger partial charge in [0.1, 0.15) is 0 Å². The Balaban J connectivity index is 2.18. The highest BCUT2D eigenvalue weighted by molar-refractivity contribution is 6.39. The van der Waals surface area contributed by atoms with E-state index in [2.05, 4.69) is 0 Å². The van der Waals surface area contributed by atoms with Crippen LogP contribution in [0.3, 0.4) is 0 Å². The van der Waals surface area contributed by atoms with E-state index in [1.54, 1.807) is 23.1 Å². The number of rotatable bonds is 6. The van der Waals surface area contributed by atoms with Crippen molar-refractivity contribution in [3.05, 3.63) is 58.1 Å². The fourth-order valence-electron chi connectivity index (χ4n) is 2.81. The molecule has 2 rings (SSSR count). The van der Waals surface area contributed by atoms with Gasteiger partial charge in [0.25, 0.3) is 0 Å². The minimum absolute atomic E-state index is 0.0625. The Bertz CT molecular complexity index is 788. The molecule has 0 N–H and O–H groups in total. The van der Waals surface area contributed by atoms with Crippen LogP contribution in [-0.2, 0) is 9.59 Å². The number of hydrogen-bond acceptors (Lipinski definition) is 2. The molecule has 4 nitrogen and oxygen atoms in total. The Morgan fingerprint density at radius 2 is 1.62 bits per heavy atom. The fourth-order valence-corrected chi connectivity index (χ4v) is 3.42. The summed E-state index contributed by atoms with van der Waals surface area (Å²) in [7, 11) is 0. The van der Waals surface area contributed by atoms with Gasteiger partial charge in [-0.2, -0.15) is 0 Å². The number of halogens is 2. The van der Waals surface area contributed by atoms with Crippen LogP contribution < -0.4 is 9.80 Å². The molecule has 0 fully saturated rings. The fraction of sp³-hybridized carbons (Fsp3) is 0.300. The molecule has 6 heteroatoms. The van der Waals surface area contributed by atoms with Crippen molar-refractivity contribution in [1.82, 2.24) is 0 Å². The summed E-state index contributed by atoms with van der Waals surface area (Å²) in [5.41, 5.74) is 2.37. The molecule has 2 aromatic rings. The van der Waals surface area contributed by atoms with Gasteiger partial charge in [-0.25, -0.2) is 0 Å². The van der Waals surface area contributed by atoms with E-state index in [1.165, 1.54) is 11.8 Å². The Labute approximate surface area is 164 Å². The third kappa shape index (κ3) is 4.77. The largest absolute Gasteiger partial charge is 0.313 e. The summed E-state index contributed by atoms with van der Waals surface area (Å²) in [6.07, 6.45) is 0.170. The number of carbonyl (C=O) groups excluding carboxylic acids is 2. The van der Waals surface area contributed by atoms with Crippen molar-refractivity contribution in [2.75, 3.05) is 22.9 Å². The molecular formula is C20H22Cl2N2O2. The summed E-state index contributed by atoms with van der Waals surface area (Å²) in [6.45, 7) is 6.10. The first kappa shape index (κ1) is 20.3. The highest BCUT2D eigenvalue weighted by atomic mass is 35.5. The summed E-state index contributed by atoms with van der Waals surface area (Å²) in [6, 6.07) is 12.8. The van der Waals surface area contributed by atoms with Crippen molar-refractivity contribution in [3.8, 4) is 0 Å². The SMILES string of the molecule is CCN(C(=O)CCN(C(C)=O)c1c(Cl)cccc1Cl)c1cccc(C)c1. The molecule has 0 saturated carbocycles. The zero-order valence-corrected chi connectivity index (χ0v) is 16.6. The van der Waals surface area contributed by atoms with E-state index >= 15 is 0 Å². The lowest BCUT2D eigenvalue weighted by Crippen LogP contribution is -2.36. The predicted molar refractivity (Wildman–Crippen MR) is 108 cm³/mol. The van der Waals surface area contributed by atoms with Crippen molar-refractivity contribution in [2.45, 2.75) is 27.2 Å². The molecule has 0 heterocycles. The molecule has 0 spiro atoms. The van der Waals surface area contributed by atoms with E-state index in [0.29, 0.717) is 22.3 Å². The quantitative estimate of drug-likeness (QED) is 0.685. The lowest BCUT2D eigenvalue weighted by atomic mass is 10.2.